The molecule has 128 valence electrons. The molecule has 0 radical (unpaired) electrons. The van der Waals surface area contributed by atoms with Crippen LogP contribution in [0.1, 0.15) is 24.0 Å². The summed E-state index contributed by atoms with van der Waals surface area (Å²) in [7, 11) is -0.431. The molecular formula is C16H25N3O3S. The van der Waals surface area contributed by atoms with E-state index < -0.39 is 10.2 Å². The number of nitrogens with zero attached hydrogens (tertiary/aromatic N) is 2. The number of nitrogens with one attached hydrogen (secondary N) is 1. The highest BCUT2D eigenvalue weighted by Gasteiger charge is 2.33. The van der Waals surface area contributed by atoms with Gasteiger partial charge in [-0.1, -0.05) is 29.8 Å². The van der Waals surface area contributed by atoms with Gasteiger partial charge in [-0.05, 0) is 25.3 Å². The van der Waals surface area contributed by atoms with Gasteiger partial charge in [-0.2, -0.15) is 17.0 Å². The van der Waals surface area contributed by atoms with Crippen LogP contribution in [0, 0.1) is 12.8 Å². The standard InChI is InChI=1S/C16H25N3O3S/c1-13-6-8-14(9-7-13)11-17-16(20)15-5-4-10-19(12-15)23(21,22)18(2)3/h6-9,15H,4-5,10-12H2,1-3H3,(H,17,20)/t15-/m1/s1. The minimum absolute atomic E-state index is 0.0794. The van der Waals surface area contributed by atoms with Crippen molar-refractivity contribution in [3.63, 3.8) is 0 Å². The van der Waals surface area contributed by atoms with Gasteiger partial charge < -0.3 is 5.32 Å². The molecule has 1 aromatic rings. The van der Waals surface area contributed by atoms with E-state index in [2.05, 4.69) is 5.32 Å². The van der Waals surface area contributed by atoms with Gasteiger partial charge in [0.05, 0.1) is 5.92 Å². The summed E-state index contributed by atoms with van der Waals surface area (Å²) >= 11 is 0. The summed E-state index contributed by atoms with van der Waals surface area (Å²) in [6.45, 7) is 3.21. The molecule has 0 unspecified atom stereocenters. The Morgan fingerprint density at radius 1 is 1.30 bits per heavy atom. The van der Waals surface area contributed by atoms with Crippen LogP contribution in [-0.2, 0) is 21.5 Å². The van der Waals surface area contributed by atoms with Crippen molar-refractivity contribution in [2.75, 3.05) is 27.2 Å². The van der Waals surface area contributed by atoms with E-state index in [1.54, 1.807) is 0 Å². The molecule has 0 saturated carbocycles. The van der Waals surface area contributed by atoms with Crippen LogP contribution in [0.2, 0.25) is 0 Å². The first-order valence-electron chi connectivity index (χ1n) is 7.81. The first-order chi connectivity index (χ1) is 10.8. The molecule has 1 amide bonds. The molecular weight excluding hydrogens is 314 g/mol. The number of benzene rings is 1. The zero-order chi connectivity index (χ0) is 17.0. The van der Waals surface area contributed by atoms with Crippen molar-refractivity contribution < 1.29 is 13.2 Å². The van der Waals surface area contributed by atoms with Gasteiger partial charge in [-0.3, -0.25) is 4.79 Å². The number of piperidine rings is 1. The number of carbonyl (C=O) groups is 1. The van der Waals surface area contributed by atoms with Gasteiger partial charge >= 0.3 is 0 Å². The molecule has 0 aromatic heterocycles. The van der Waals surface area contributed by atoms with Crippen LogP contribution in [0.15, 0.2) is 24.3 Å². The molecule has 1 N–H and O–H groups in total. The first-order valence-corrected chi connectivity index (χ1v) is 9.21. The quantitative estimate of drug-likeness (QED) is 0.874. The van der Waals surface area contributed by atoms with Crippen molar-refractivity contribution >= 4 is 16.1 Å². The predicted octanol–water partition coefficient (Wildman–Crippen LogP) is 1.13. The molecule has 1 fully saturated rings. The highest BCUT2D eigenvalue weighted by molar-refractivity contribution is 7.86. The monoisotopic (exact) mass is 339 g/mol. The topological polar surface area (TPSA) is 69.7 Å². The summed E-state index contributed by atoms with van der Waals surface area (Å²) < 4.78 is 27.0. The molecule has 1 atom stereocenters. The second-order valence-corrected chi connectivity index (χ2v) is 8.33. The Balaban J connectivity index is 1.93. The van der Waals surface area contributed by atoms with Crippen LogP contribution in [0.25, 0.3) is 0 Å². The van der Waals surface area contributed by atoms with E-state index in [9.17, 15) is 13.2 Å². The van der Waals surface area contributed by atoms with Gasteiger partial charge in [-0.25, -0.2) is 0 Å². The molecule has 1 heterocycles. The number of hydrogen-bond donors (Lipinski definition) is 1. The molecule has 6 nitrogen and oxygen atoms in total. The molecule has 1 saturated heterocycles. The molecule has 2 rings (SSSR count). The lowest BCUT2D eigenvalue weighted by atomic mass is 9.98. The summed E-state index contributed by atoms with van der Waals surface area (Å²) in [4.78, 5) is 12.3. The Bertz CT molecular complexity index is 641. The Kier molecular flexibility index (Phi) is 5.78. The van der Waals surface area contributed by atoms with Crippen molar-refractivity contribution in [2.45, 2.75) is 26.3 Å². The highest BCUT2D eigenvalue weighted by Crippen LogP contribution is 2.20. The Hall–Kier alpha value is -1.44. The summed E-state index contributed by atoms with van der Waals surface area (Å²) in [5.41, 5.74) is 2.22. The van der Waals surface area contributed by atoms with Crippen molar-refractivity contribution in [2.24, 2.45) is 5.92 Å². The van der Waals surface area contributed by atoms with E-state index in [0.29, 0.717) is 19.5 Å². The summed E-state index contributed by atoms with van der Waals surface area (Å²) in [5, 5.41) is 2.92. The van der Waals surface area contributed by atoms with Gasteiger partial charge in [0.1, 0.15) is 0 Å². The zero-order valence-corrected chi connectivity index (χ0v) is 14.8. The third-order valence-corrected chi connectivity index (χ3v) is 6.04. The highest BCUT2D eigenvalue weighted by atomic mass is 32.2. The Morgan fingerprint density at radius 3 is 2.57 bits per heavy atom. The van der Waals surface area contributed by atoms with E-state index in [1.807, 2.05) is 31.2 Å². The number of aryl methyl sites for hydroxylation is 1. The van der Waals surface area contributed by atoms with Gasteiger partial charge in [0, 0.05) is 33.7 Å². The van der Waals surface area contributed by atoms with E-state index in [1.165, 1.54) is 28.3 Å². The molecule has 1 aliphatic heterocycles. The Labute approximate surface area is 138 Å². The fourth-order valence-corrected chi connectivity index (χ4v) is 3.83. The lowest BCUT2D eigenvalue weighted by Gasteiger charge is -2.32. The number of amides is 1. The van der Waals surface area contributed by atoms with Crippen molar-refractivity contribution in [3.05, 3.63) is 35.4 Å². The minimum atomic E-state index is -3.45. The lowest BCUT2D eigenvalue weighted by molar-refractivity contribution is -0.126. The van der Waals surface area contributed by atoms with Crippen molar-refractivity contribution in [1.82, 2.24) is 13.9 Å². The largest absolute Gasteiger partial charge is 0.352 e. The predicted molar refractivity (Wildman–Crippen MR) is 89.9 cm³/mol. The first kappa shape index (κ1) is 17.9. The fourth-order valence-electron chi connectivity index (χ4n) is 2.64. The van der Waals surface area contributed by atoms with Gasteiger partial charge in [-0.15, -0.1) is 0 Å². The second-order valence-electron chi connectivity index (χ2n) is 6.19. The average molecular weight is 339 g/mol. The number of hydrogen-bond acceptors (Lipinski definition) is 3. The third-order valence-electron chi connectivity index (χ3n) is 4.13. The van der Waals surface area contributed by atoms with Gasteiger partial charge in [0.2, 0.25) is 5.91 Å². The third kappa shape index (κ3) is 4.53. The van der Waals surface area contributed by atoms with Crippen LogP contribution in [0.5, 0.6) is 0 Å². The molecule has 7 heteroatoms. The van der Waals surface area contributed by atoms with E-state index >= 15 is 0 Å². The van der Waals surface area contributed by atoms with E-state index in [4.69, 9.17) is 0 Å². The maximum Gasteiger partial charge on any atom is 0.281 e. The Morgan fingerprint density at radius 2 is 1.96 bits per heavy atom. The average Bonchev–Trinajstić information content (AvgIpc) is 2.54. The fraction of sp³-hybridized carbons (Fsp3) is 0.562. The maximum absolute atomic E-state index is 12.3. The molecule has 0 spiro atoms. The van der Waals surface area contributed by atoms with E-state index in [-0.39, 0.29) is 18.4 Å². The van der Waals surface area contributed by atoms with Crippen LogP contribution in [-0.4, -0.2) is 50.1 Å². The minimum Gasteiger partial charge on any atom is -0.352 e. The van der Waals surface area contributed by atoms with Gasteiger partial charge in [0.15, 0.2) is 0 Å². The van der Waals surface area contributed by atoms with Crippen LogP contribution in [0.4, 0.5) is 0 Å². The zero-order valence-electron chi connectivity index (χ0n) is 13.9. The molecule has 23 heavy (non-hydrogen) atoms. The summed E-state index contributed by atoms with van der Waals surface area (Å²) in [6, 6.07) is 7.99. The van der Waals surface area contributed by atoms with Crippen molar-refractivity contribution in [1.29, 1.82) is 0 Å². The van der Waals surface area contributed by atoms with Gasteiger partial charge in [0.25, 0.3) is 10.2 Å². The smallest absolute Gasteiger partial charge is 0.281 e. The summed E-state index contributed by atoms with van der Waals surface area (Å²) in [6.07, 6.45) is 1.43. The van der Waals surface area contributed by atoms with Crippen LogP contribution < -0.4 is 5.32 Å². The molecule has 0 aliphatic carbocycles. The van der Waals surface area contributed by atoms with Crippen LogP contribution >= 0.6 is 0 Å². The van der Waals surface area contributed by atoms with Crippen LogP contribution in [0.3, 0.4) is 0 Å². The normalized spacial score (nSPS) is 19.7. The number of carbonyl (C=O) groups excluding carboxylic acids is 1. The molecule has 1 aromatic carbocycles. The molecule has 0 bridgehead atoms. The second kappa shape index (κ2) is 7.42. The number of rotatable bonds is 5. The van der Waals surface area contributed by atoms with Crippen molar-refractivity contribution in [3.8, 4) is 0 Å². The van der Waals surface area contributed by atoms with E-state index in [0.717, 1.165) is 12.0 Å². The maximum atomic E-state index is 12.3. The lowest BCUT2D eigenvalue weighted by Crippen LogP contribution is -2.48. The SMILES string of the molecule is Cc1ccc(CNC(=O)[C@@H]2CCCN(S(=O)(=O)N(C)C)C2)cc1. The summed E-state index contributed by atoms with van der Waals surface area (Å²) in [5.74, 6) is -0.367. The molecule has 1 aliphatic rings.